The SMILES string of the molecule is Cc1cccc(C=NNC(=O)CSc2nnc(-c3ccc(Cl)cc3)n2-c2ccc(Cl)cc2)c1. The van der Waals surface area contributed by atoms with Crippen molar-refractivity contribution >= 4 is 47.1 Å². The molecule has 1 aromatic heterocycles. The van der Waals surface area contributed by atoms with E-state index < -0.39 is 0 Å². The van der Waals surface area contributed by atoms with E-state index in [1.54, 1.807) is 30.5 Å². The summed E-state index contributed by atoms with van der Waals surface area (Å²) in [5.74, 6) is 0.509. The minimum Gasteiger partial charge on any atom is -0.272 e. The van der Waals surface area contributed by atoms with Crippen LogP contribution in [0.2, 0.25) is 10.0 Å². The Bertz CT molecular complexity index is 1290. The summed E-state index contributed by atoms with van der Waals surface area (Å²) in [6, 6.07) is 22.5. The average molecular weight is 496 g/mol. The number of benzene rings is 3. The second kappa shape index (κ2) is 10.7. The Kier molecular flexibility index (Phi) is 7.44. The molecule has 3 aromatic carbocycles. The van der Waals surface area contributed by atoms with E-state index in [2.05, 4.69) is 20.7 Å². The molecule has 166 valence electrons. The first-order chi connectivity index (χ1) is 16.0. The minimum absolute atomic E-state index is 0.123. The first-order valence-electron chi connectivity index (χ1n) is 9.98. The summed E-state index contributed by atoms with van der Waals surface area (Å²) >= 11 is 13.4. The number of nitrogens with one attached hydrogen (secondary N) is 1. The van der Waals surface area contributed by atoms with E-state index in [0.717, 1.165) is 22.4 Å². The van der Waals surface area contributed by atoms with Gasteiger partial charge in [0.2, 0.25) is 0 Å². The van der Waals surface area contributed by atoms with Crippen molar-refractivity contribution in [3.05, 3.63) is 94.0 Å². The molecule has 0 fully saturated rings. The molecular weight excluding hydrogens is 477 g/mol. The maximum Gasteiger partial charge on any atom is 0.250 e. The van der Waals surface area contributed by atoms with Gasteiger partial charge in [-0.3, -0.25) is 9.36 Å². The topological polar surface area (TPSA) is 72.2 Å². The third-order valence-corrected chi connectivity index (χ3v) is 6.03. The number of rotatable bonds is 7. The van der Waals surface area contributed by atoms with E-state index in [0.29, 0.717) is 21.0 Å². The maximum atomic E-state index is 12.3. The van der Waals surface area contributed by atoms with E-state index in [9.17, 15) is 4.79 Å². The Morgan fingerprint density at radius 1 is 1.03 bits per heavy atom. The molecule has 0 spiro atoms. The first-order valence-corrected chi connectivity index (χ1v) is 11.7. The summed E-state index contributed by atoms with van der Waals surface area (Å²) < 4.78 is 1.88. The number of carbonyl (C=O) groups is 1. The molecule has 0 bridgehead atoms. The van der Waals surface area contributed by atoms with Crippen LogP contribution >= 0.6 is 35.0 Å². The molecule has 0 atom stereocenters. The normalized spacial score (nSPS) is 11.1. The predicted molar refractivity (Wildman–Crippen MR) is 134 cm³/mol. The van der Waals surface area contributed by atoms with Crippen LogP contribution in [0, 0.1) is 6.92 Å². The molecule has 1 heterocycles. The van der Waals surface area contributed by atoms with Gasteiger partial charge in [-0.2, -0.15) is 5.10 Å². The number of aryl methyl sites for hydroxylation is 1. The Balaban J connectivity index is 1.51. The number of aromatic nitrogens is 3. The minimum atomic E-state index is -0.248. The Morgan fingerprint density at radius 2 is 1.73 bits per heavy atom. The van der Waals surface area contributed by atoms with Gasteiger partial charge in [-0.15, -0.1) is 10.2 Å². The van der Waals surface area contributed by atoms with Crippen molar-refractivity contribution in [2.24, 2.45) is 5.10 Å². The molecule has 0 aliphatic heterocycles. The molecule has 0 saturated heterocycles. The fourth-order valence-electron chi connectivity index (χ4n) is 3.06. The van der Waals surface area contributed by atoms with Gasteiger partial charge in [0.15, 0.2) is 11.0 Å². The molecule has 0 radical (unpaired) electrons. The van der Waals surface area contributed by atoms with Crippen molar-refractivity contribution in [1.29, 1.82) is 0 Å². The summed E-state index contributed by atoms with van der Waals surface area (Å²) in [7, 11) is 0. The zero-order valence-electron chi connectivity index (χ0n) is 17.6. The molecule has 33 heavy (non-hydrogen) atoms. The molecule has 0 saturated carbocycles. The van der Waals surface area contributed by atoms with Crippen LogP contribution in [0.3, 0.4) is 0 Å². The maximum absolute atomic E-state index is 12.3. The molecule has 0 unspecified atom stereocenters. The molecule has 4 aromatic rings. The largest absolute Gasteiger partial charge is 0.272 e. The summed E-state index contributed by atoms with van der Waals surface area (Å²) in [5, 5.41) is 14.5. The number of thioether (sulfide) groups is 1. The summed E-state index contributed by atoms with van der Waals surface area (Å²) in [6.45, 7) is 2.00. The van der Waals surface area contributed by atoms with Gasteiger partial charge in [0.1, 0.15) is 0 Å². The number of hydrogen-bond donors (Lipinski definition) is 1. The number of amides is 1. The Morgan fingerprint density at radius 3 is 2.42 bits per heavy atom. The zero-order chi connectivity index (χ0) is 23.2. The zero-order valence-corrected chi connectivity index (χ0v) is 19.9. The summed E-state index contributed by atoms with van der Waals surface area (Å²) in [6.07, 6.45) is 1.62. The lowest BCUT2D eigenvalue weighted by atomic mass is 10.2. The van der Waals surface area contributed by atoms with Crippen molar-refractivity contribution < 1.29 is 4.79 Å². The fourth-order valence-corrected chi connectivity index (χ4v) is 4.06. The smallest absolute Gasteiger partial charge is 0.250 e. The van der Waals surface area contributed by atoms with Gasteiger partial charge < -0.3 is 0 Å². The Labute approximate surface area is 205 Å². The number of hydrogen-bond acceptors (Lipinski definition) is 5. The van der Waals surface area contributed by atoms with Gasteiger partial charge in [-0.1, -0.05) is 64.8 Å². The van der Waals surface area contributed by atoms with Crippen molar-refractivity contribution in [3.63, 3.8) is 0 Å². The van der Waals surface area contributed by atoms with Gasteiger partial charge in [0.05, 0.1) is 12.0 Å². The quantitative estimate of drug-likeness (QED) is 0.200. The van der Waals surface area contributed by atoms with Gasteiger partial charge in [-0.05, 0) is 61.0 Å². The average Bonchev–Trinajstić information content (AvgIpc) is 3.23. The first kappa shape index (κ1) is 23.0. The lowest BCUT2D eigenvalue weighted by Crippen LogP contribution is -2.20. The highest BCUT2D eigenvalue weighted by Gasteiger charge is 2.17. The number of hydrazone groups is 1. The van der Waals surface area contributed by atoms with Crippen molar-refractivity contribution in [1.82, 2.24) is 20.2 Å². The molecule has 1 amide bonds. The van der Waals surface area contributed by atoms with Crippen molar-refractivity contribution in [3.8, 4) is 17.1 Å². The Hall–Kier alpha value is -3.13. The second-order valence-corrected chi connectivity index (χ2v) is 8.94. The predicted octanol–water partition coefficient (Wildman–Crippen LogP) is 5.79. The van der Waals surface area contributed by atoms with Gasteiger partial charge in [-0.25, -0.2) is 5.43 Å². The molecule has 0 aliphatic rings. The molecular formula is C24H19Cl2N5OS. The van der Waals surface area contributed by atoms with E-state index in [1.165, 1.54) is 11.8 Å². The van der Waals surface area contributed by atoms with Gasteiger partial charge in [0.25, 0.3) is 5.91 Å². The number of halogens is 2. The summed E-state index contributed by atoms with van der Waals surface area (Å²) in [5.41, 5.74) is 6.27. The molecule has 1 N–H and O–H groups in total. The third kappa shape index (κ3) is 6.01. The van der Waals surface area contributed by atoms with Gasteiger partial charge >= 0.3 is 0 Å². The third-order valence-electron chi connectivity index (χ3n) is 4.60. The molecule has 9 heteroatoms. The van der Waals surface area contributed by atoms with E-state index in [-0.39, 0.29) is 11.7 Å². The lowest BCUT2D eigenvalue weighted by molar-refractivity contribution is -0.118. The molecule has 0 aliphatic carbocycles. The van der Waals surface area contributed by atoms with E-state index >= 15 is 0 Å². The number of carbonyl (C=O) groups excluding carboxylic acids is 1. The van der Waals surface area contributed by atoms with Crippen LogP contribution in [0.15, 0.2) is 83.1 Å². The lowest BCUT2D eigenvalue weighted by Gasteiger charge is -2.10. The highest BCUT2D eigenvalue weighted by atomic mass is 35.5. The van der Waals surface area contributed by atoms with Gasteiger partial charge in [0, 0.05) is 21.3 Å². The van der Waals surface area contributed by atoms with Crippen LogP contribution < -0.4 is 5.43 Å². The fraction of sp³-hybridized carbons (Fsp3) is 0.0833. The van der Waals surface area contributed by atoms with Crippen LogP contribution in [-0.2, 0) is 4.79 Å². The van der Waals surface area contributed by atoms with E-state index in [4.69, 9.17) is 23.2 Å². The van der Waals surface area contributed by atoms with Crippen LogP contribution in [0.4, 0.5) is 0 Å². The van der Waals surface area contributed by atoms with Crippen LogP contribution in [0.25, 0.3) is 17.1 Å². The highest BCUT2D eigenvalue weighted by Crippen LogP contribution is 2.29. The van der Waals surface area contributed by atoms with Crippen LogP contribution in [0.5, 0.6) is 0 Å². The second-order valence-electron chi connectivity index (χ2n) is 7.12. The highest BCUT2D eigenvalue weighted by molar-refractivity contribution is 7.99. The van der Waals surface area contributed by atoms with Crippen molar-refractivity contribution in [2.45, 2.75) is 12.1 Å². The van der Waals surface area contributed by atoms with Crippen LogP contribution in [-0.4, -0.2) is 32.6 Å². The number of nitrogens with zero attached hydrogens (tertiary/aromatic N) is 4. The monoisotopic (exact) mass is 495 g/mol. The van der Waals surface area contributed by atoms with E-state index in [1.807, 2.05) is 60.0 Å². The summed E-state index contributed by atoms with van der Waals surface area (Å²) in [4.78, 5) is 12.3. The standard InChI is InChI=1S/C24H19Cl2N5OS/c1-16-3-2-4-17(13-16)14-27-28-22(32)15-33-24-30-29-23(18-5-7-19(25)8-6-18)31(24)21-11-9-20(26)10-12-21/h2-14H,15H2,1H3,(H,28,32). The van der Waals surface area contributed by atoms with Crippen LogP contribution in [0.1, 0.15) is 11.1 Å². The van der Waals surface area contributed by atoms with Crippen molar-refractivity contribution in [2.75, 3.05) is 5.75 Å². The molecule has 6 nitrogen and oxygen atoms in total. The molecule has 4 rings (SSSR count).